The number of hydrogen-bond acceptors (Lipinski definition) is 0. The third-order valence-corrected chi connectivity index (χ3v) is 2.14. The fourth-order valence-electron chi connectivity index (χ4n) is 1.12. The average Bonchev–Trinajstić information content (AvgIpc) is 2.21. The molecule has 0 bridgehead atoms. The van der Waals surface area contributed by atoms with E-state index in [1.807, 2.05) is 12.1 Å². The molecule has 0 amide bonds. The van der Waals surface area contributed by atoms with Gasteiger partial charge in [0, 0.05) is 5.02 Å². The third-order valence-electron chi connectivity index (χ3n) is 1.89. The highest BCUT2D eigenvalue weighted by atomic mass is 35.5. The van der Waals surface area contributed by atoms with E-state index >= 15 is 0 Å². The summed E-state index contributed by atoms with van der Waals surface area (Å²) in [6.07, 6.45) is 10.5. The van der Waals surface area contributed by atoms with E-state index in [0.29, 0.717) is 0 Å². The van der Waals surface area contributed by atoms with Crippen LogP contribution in [0.5, 0.6) is 0 Å². The number of halogens is 1. The Morgan fingerprint density at radius 3 is 2.36 bits per heavy atom. The predicted molar refractivity (Wildman–Crippen MR) is 63.7 cm³/mol. The molecule has 0 saturated heterocycles. The van der Waals surface area contributed by atoms with Crippen LogP contribution in [0.4, 0.5) is 0 Å². The lowest BCUT2D eigenvalue weighted by Crippen LogP contribution is -1.78. The van der Waals surface area contributed by atoms with Gasteiger partial charge in [-0.05, 0) is 30.5 Å². The van der Waals surface area contributed by atoms with Crippen LogP contribution in [0.2, 0.25) is 5.02 Å². The third kappa shape index (κ3) is 4.29. The largest absolute Gasteiger partial charge is 0.0848 e. The van der Waals surface area contributed by atoms with Gasteiger partial charge < -0.3 is 0 Å². The van der Waals surface area contributed by atoms with Crippen LogP contribution >= 0.6 is 11.6 Å². The number of allylic oxidation sites excluding steroid dienone is 4. The zero-order valence-corrected chi connectivity index (χ0v) is 9.17. The van der Waals surface area contributed by atoms with Gasteiger partial charge in [0.05, 0.1) is 0 Å². The van der Waals surface area contributed by atoms with E-state index in [1.165, 1.54) is 5.56 Å². The molecule has 0 aliphatic heterocycles. The lowest BCUT2D eigenvalue weighted by Gasteiger charge is -1.95. The molecule has 1 heteroatoms. The highest BCUT2D eigenvalue weighted by molar-refractivity contribution is 6.30. The molecule has 1 aromatic rings. The van der Waals surface area contributed by atoms with Gasteiger partial charge in [-0.15, -0.1) is 0 Å². The molecule has 0 aliphatic carbocycles. The molecule has 74 valence electrons. The Bertz CT molecular complexity index is 307. The summed E-state index contributed by atoms with van der Waals surface area (Å²) in [5.41, 5.74) is 1.29. The predicted octanol–water partition coefficient (Wildman–Crippen LogP) is 4.40. The average molecular weight is 207 g/mol. The van der Waals surface area contributed by atoms with Crippen molar-refractivity contribution in [1.82, 2.24) is 0 Å². The van der Waals surface area contributed by atoms with E-state index in [1.54, 1.807) is 0 Å². The van der Waals surface area contributed by atoms with Crippen molar-refractivity contribution >= 4 is 11.6 Å². The van der Waals surface area contributed by atoms with Crippen molar-refractivity contribution < 1.29 is 0 Å². The normalized spacial score (nSPS) is 11.6. The maximum absolute atomic E-state index is 5.79. The summed E-state index contributed by atoms with van der Waals surface area (Å²) in [5.74, 6) is 0. The van der Waals surface area contributed by atoms with Crippen molar-refractivity contribution in [2.24, 2.45) is 0 Å². The van der Waals surface area contributed by atoms with Gasteiger partial charge in [0.1, 0.15) is 0 Å². The molecule has 0 heterocycles. The van der Waals surface area contributed by atoms with Crippen molar-refractivity contribution in [3.05, 3.63) is 59.2 Å². The zero-order valence-electron chi connectivity index (χ0n) is 8.41. The first-order valence-corrected chi connectivity index (χ1v) is 5.27. The van der Waals surface area contributed by atoms with Gasteiger partial charge in [-0.1, -0.05) is 55.0 Å². The molecule has 0 aromatic heterocycles. The molecule has 0 saturated carbocycles. The van der Waals surface area contributed by atoms with Crippen LogP contribution in [0.3, 0.4) is 0 Å². The van der Waals surface area contributed by atoms with Gasteiger partial charge in [0.15, 0.2) is 0 Å². The van der Waals surface area contributed by atoms with Gasteiger partial charge in [-0.25, -0.2) is 0 Å². The molecular weight excluding hydrogens is 192 g/mol. The molecular formula is C13H15Cl. The van der Waals surface area contributed by atoms with Crippen molar-refractivity contribution in [3.8, 4) is 0 Å². The first kappa shape index (κ1) is 11.1. The van der Waals surface area contributed by atoms with E-state index < -0.39 is 0 Å². The standard InChI is InChI=1S/C13H15Cl/c1-2-3-4-5-6-7-12-8-10-13(14)11-9-12/h3-6,8-11H,2,7H2,1H3/b4-3-,6-5-. The fourth-order valence-corrected chi connectivity index (χ4v) is 1.24. The molecule has 1 aromatic carbocycles. The minimum absolute atomic E-state index is 0.795. The van der Waals surface area contributed by atoms with E-state index in [-0.39, 0.29) is 0 Å². The summed E-state index contributed by atoms with van der Waals surface area (Å²) in [5, 5.41) is 0.795. The Balaban J connectivity index is 2.41. The minimum atomic E-state index is 0.795. The lowest BCUT2D eigenvalue weighted by molar-refractivity contribution is 1.22. The highest BCUT2D eigenvalue weighted by Crippen LogP contribution is 2.10. The van der Waals surface area contributed by atoms with Crippen LogP contribution in [0, 0.1) is 0 Å². The number of rotatable bonds is 4. The molecule has 0 unspecified atom stereocenters. The topological polar surface area (TPSA) is 0 Å². The Morgan fingerprint density at radius 2 is 1.71 bits per heavy atom. The lowest BCUT2D eigenvalue weighted by atomic mass is 10.1. The van der Waals surface area contributed by atoms with Crippen molar-refractivity contribution in [2.45, 2.75) is 19.8 Å². The summed E-state index contributed by atoms with van der Waals surface area (Å²) >= 11 is 5.79. The molecule has 0 spiro atoms. The molecule has 0 atom stereocenters. The van der Waals surface area contributed by atoms with Crippen LogP contribution in [-0.4, -0.2) is 0 Å². The van der Waals surface area contributed by atoms with Gasteiger partial charge in [-0.2, -0.15) is 0 Å². The van der Waals surface area contributed by atoms with Crippen LogP contribution in [0.25, 0.3) is 0 Å². The van der Waals surface area contributed by atoms with E-state index in [4.69, 9.17) is 11.6 Å². The molecule has 0 aliphatic rings. The molecule has 14 heavy (non-hydrogen) atoms. The molecule has 0 fully saturated rings. The molecule has 0 radical (unpaired) electrons. The van der Waals surface area contributed by atoms with Crippen molar-refractivity contribution in [1.29, 1.82) is 0 Å². The number of benzene rings is 1. The number of hydrogen-bond donors (Lipinski definition) is 0. The Hall–Kier alpha value is -1.01. The smallest absolute Gasteiger partial charge is 0.0406 e. The van der Waals surface area contributed by atoms with Gasteiger partial charge in [0.2, 0.25) is 0 Å². The second-order valence-electron chi connectivity index (χ2n) is 3.10. The van der Waals surface area contributed by atoms with Crippen LogP contribution in [-0.2, 0) is 6.42 Å². The van der Waals surface area contributed by atoms with Gasteiger partial charge in [0.25, 0.3) is 0 Å². The van der Waals surface area contributed by atoms with E-state index in [0.717, 1.165) is 17.9 Å². The van der Waals surface area contributed by atoms with E-state index in [2.05, 4.69) is 43.4 Å². The monoisotopic (exact) mass is 206 g/mol. The Morgan fingerprint density at radius 1 is 1.07 bits per heavy atom. The molecule has 0 nitrogen and oxygen atoms in total. The van der Waals surface area contributed by atoms with Crippen molar-refractivity contribution in [2.75, 3.05) is 0 Å². The molecule has 1 rings (SSSR count). The second-order valence-corrected chi connectivity index (χ2v) is 3.53. The quantitative estimate of drug-likeness (QED) is 0.641. The summed E-state index contributed by atoms with van der Waals surface area (Å²) in [7, 11) is 0. The Kier molecular flexibility index (Phi) is 5.09. The fraction of sp³-hybridized carbons (Fsp3) is 0.231. The summed E-state index contributed by atoms with van der Waals surface area (Å²) < 4.78 is 0. The summed E-state index contributed by atoms with van der Waals surface area (Å²) in [6, 6.07) is 7.95. The van der Waals surface area contributed by atoms with Gasteiger partial charge >= 0.3 is 0 Å². The van der Waals surface area contributed by atoms with Crippen LogP contribution in [0.1, 0.15) is 18.9 Å². The first-order chi connectivity index (χ1) is 6.83. The van der Waals surface area contributed by atoms with Crippen LogP contribution in [0.15, 0.2) is 48.6 Å². The summed E-state index contributed by atoms with van der Waals surface area (Å²) in [6.45, 7) is 2.13. The maximum Gasteiger partial charge on any atom is 0.0406 e. The maximum atomic E-state index is 5.79. The minimum Gasteiger partial charge on any atom is -0.0848 e. The zero-order chi connectivity index (χ0) is 10.2. The summed E-state index contributed by atoms with van der Waals surface area (Å²) in [4.78, 5) is 0. The highest BCUT2D eigenvalue weighted by Gasteiger charge is 1.88. The second kappa shape index (κ2) is 6.44. The van der Waals surface area contributed by atoms with Crippen LogP contribution < -0.4 is 0 Å². The van der Waals surface area contributed by atoms with E-state index in [9.17, 15) is 0 Å². The first-order valence-electron chi connectivity index (χ1n) is 4.89. The SMILES string of the molecule is CC/C=C\C=C/Cc1ccc(Cl)cc1. The Labute approximate surface area is 90.9 Å². The van der Waals surface area contributed by atoms with Gasteiger partial charge in [-0.3, -0.25) is 0 Å². The van der Waals surface area contributed by atoms with Crippen molar-refractivity contribution in [3.63, 3.8) is 0 Å². The molecule has 0 N–H and O–H groups in total.